The highest BCUT2D eigenvalue weighted by Crippen LogP contribution is 2.32. The van der Waals surface area contributed by atoms with Gasteiger partial charge in [0.05, 0.1) is 37.5 Å². The average Bonchev–Trinajstić information content (AvgIpc) is 3.26. The molecule has 1 fully saturated rings. The van der Waals surface area contributed by atoms with Gasteiger partial charge in [0.15, 0.2) is 11.2 Å². The number of benzene rings is 2. The number of hydrogen-bond donors (Lipinski definition) is 1. The number of hydrogen-bond acceptors (Lipinski definition) is 6. The maximum atomic E-state index is 13.7. The topological polar surface area (TPSA) is 123 Å². The van der Waals surface area contributed by atoms with E-state index in [9.17, 15) is 14.4 Å². The molecule has 3 heterocycles. The summed E-state index contributed by atoms with van der Waals surface area (Å²) in [5, 5.41) is 0.901. The smallest absolute Gasteiger partial charge is 0.333 e. The van der Waals surface area contributed by atoms with Crippen LogP contribution in [0.2, 0.25) is 10.0 Å². The van der Waals surface area contributed by atoms with E-state index in [1.165, 1.54) is 4.57 Å². The first-order chi connectivity index (χ1) is 17.3. The van der Waals surface area contributed by atoms with Gasteiger partial charge in [-0.15, -0.1) is 0 Å². The van der Waals surface area contributed by atoms with Crippen molar-refractivity contribution in [2.24, 2.45) is 5.73 Å². The molecule has 0 aliphatic carbocycles. The van der Waals surface area contributed by atoms with Crippen LogP contribution in [0.25, 0.3) is 28.2 Å². The molecule has 12 heteroatoms. The van der Waals surface area contributed by atoms with Crippen LogP contribution in [-0.4, -0.2) is 50.5 Å². The molecule has 2 aromatic heterocycles. The molecule has 1 saturated heterocycles. The van der Waals surface area contributed by atoms with Crippen LogP contribution in [-0.2, 0) is 27.4 Å². The van der Waals surface area contributed by atoms with E-state index in [0.29, 0.717) is 40.3 Å². The van der Waals surface area contributed by atoms with Crippen molar-refractivity contribution in [3.63, 3.8) is 0 Å². The van der Waals surface area contributed by atoms with Crippen LogP contribution < -0.4 is 17.0 Å². The van der Waals surface area contributed by atoms with Crippen LogP contribution in [0.5, 0.6) is 0 Å². The van der Waals surface area contributed by atoms with Crippen molar-refractivity contribution in [3.05, 3.63) is 79.4 Å². The Kier molecular flexibility index (Phi) is 6.67. The lowest BCUT2D eigenvalue weighted by Gasteiger charge is -2.24. The van der Waals surface area contributed by atoms with Gasteiger partial charge in [-0.25, -0.2) is 14.3 Å². The van der Waals surface area contributed by atoms with Gasteiger partial charge in [-0.2, -0.15) is 0 Å². The van der Waals surface area contributed by atoms with Crippen LogP contribution in [0.4, 0.5) is 0 Å². The summed E-state index contributed by atoms with van der Waals surface area (Å²) in [6.45, 7) is 0.534. The average molecular weight is 530 g/mol. The quantitative estimate of drug-likeness (QED) is 0.408. The summed E-state index contributed by atoms with van der Waals surface area (Å²) in [6, 6.07) is 13.8. The highest BCUT2D eigenvalue weighted by Gasteiger charge is 2.27. The molecule has 2 aromatic carbocycles. The largest absolute Gasteiger partial charge is 0.376 e. The molecule has 1 amide bonds. The lowest BCUT2D eigenvalue weighted by molar-refractivity contribution is -0.118. The van der Waals surface area contributed by atoms with Crippen molar-refractivity contribution in [1.29, 1.82) is 0 Å². The minimum Gasteiger partial charge on any atom is -0.376 e. The van der Waals surface area contributed by atoms with Crippen molar-refractivity contribution < 1.29 is 14.3 Å². The van der Waals surface area contributed by atoms with Crippen molar-refractivity contribution in [1.82, 2.24) is 18.7 Å². The standard InChI is InChI=1S/C24H21Cl2N5O5/c25-14-5-7-15(8-6-14)31-20-22(28-21(31)17-3-1-2-4-18(17)26)29(11-16-13-35-9-10-36-16)24(34)30(23(20)33)12-19(27)32/h1-8,16H,9-13H2,(H2,27,32). The second kappa shape index (κ2) is 9.90. The number of halogens is 2. The zero-order chi connectivity index (χ0) is 25.4. The maximum absolute atomic E-state index is 13.7. The van der Waals surface area contributed by atoms with Crippen LogP contribution in [0.15, 0.2) is 58.1 Å². The monoisotopic (exact) mass is 529 g/mol. The summed E-state index contributed by atoms with van der Waals surface area (Å²) in [6.07, 6.45) is -0.455. The Morgan fingerprint density at radius 2 is 1.81 bits per heavy atom. The van der Waals surface area contributed by atoms with Crippen molar-refractivity contribution in [2.45, 2.75) is 19.2 Å². The molecule has 0 radical (unpaired) electrons. The van der Waals surface area contributed by atoms with E-state index < -0.39 is 29.8 Å². The van der Waals surface area contributed by atoms with Gasteiger partial charge in [-0.3, -0.25) is 18.7 Å². The van der Waals surface area contributed by atoms with Gasteiger partial charge >= 0.3 is 5.69 Å². The molecule has 2 N–H and O–H groups in total. The molecular weight excluding hydrogens is 509 g/mol. The minimum atomic E-state index is -0.832. The third-order valence-corrected chi connectivity index (χ3v) is 6.39. The molecule has 4 aromatic rings. The summed E-state index contributed by atoms with van der Waals surface area (Å²) in [4.78, 5) is 43.7. The number of carbonyl (C=O) groups is 1. The Morgan fingerprint density at radius 1 is 1.06 bits per heavy atom. The minimum absolute atomic E-state index is 0.0496. The van der Waals surface area contributed by atoms with E-state index >= 15 is 0 Å². The first-order valence-corrected chi connectivity index (χ1v) is 11.9. The van der Waals surface area contributed by atoms with Gasteiger partial charge in [-0.05, 0) is 36.4 Å². The highest BCUT2D eigenvalue weighted by atomic mass is 35.5. The number of nitrogens with two attached hydrogens (primary N) is 1. The van der Waals surface area contributed by atoms with Gasteiger partial charge in [0, 0.05) is 16.3 Å². The van der Waals surface area contributed by atoms with Crippen LogP contribution in [0.3, 0.4) is 0 Å². The van der Waals surface area contributed by atoms with Crippen molar-refractivity contribution >= 4 is 40.3 Å². The predicted octanol–water partition coefficient (Wildman–Crippen LogP) is 2.22. The fraction of sp³-hybridized carbons (Fsp3) is 0.250. The molecule has 1 unspecified atom stereocenters. The number of ether oxygens (including phenoxy) is 2. The lowest BCUT2D eigenvalue weighted by Crippen LogP contribution is -2.45. The number of nitrogens with zero attached hydrogens (tertiary/aromatic N) is 4. The molecule has 1 aliphatic heterocycles. The van der Waals surface area contributed by atoms with Crippen LogP contribution in [0.1, 0.15) is 0 Å². The first-order valence-electron chi connectivity index (χ1n) is 11.1. The fourth-order valence-electron chi connectivity index (χ4n) is 4.21. The van der Waals surface area contributed by atoms with Gasteiger partial charge in [-0.1, -0.05) is 35.3 Å². The molecule has 0 spiro atoms. The number of primary amides is 1. The van der Waals surface area contributed by atoms with Crippen molar-refractivity contribution in [3.8, 4) is 17.1 Å². The summed E-state index contributed by atoms with van der Waals surface area (Å²) < 4.78 is 14.9. The van der Waals surface area contributed by atoms with Crippen LogP contribution in [0, 0.1) is 0 Å². The Bertz CT molecular complexity index is 1570. The molecular formula is C24H21Cl2N5O5. The molecule has 186 valence electrons. The third kappa shape index (κ3) is 4.44. The number of fused-ring (bicyclic) bond motifs is 1. The maximum Gasteiger partial charge on any atom is 0.333 e. The molecule has 0 saturated carbocycles. The molecule has 36 heavy (non-hydrogen) atoms. The normalized spacial score (nSPS) is 15.9. The molecule has 1 atom stereocenters. The summed E-state index contributed by atoms with van der Waals surface area (Å²) >= 11 is 12.6. The lowest BCUT2D eigenvalue weighted by atomic mass is 10.2. The fourth-order valence-corrected chi connectivity index (χ4v) is 4.56. The Balaban J connectivity index is 1.88. The van der Waals surface area contributed by atoms with Gasteiger partial charge in [0.1, 0.15) is 12.4 Å². The number of amides is 1. The zero-order valence-corrected chi connectivity index (χ0v) is 20.4. The molecule has 0 bridgehead atoms. The summed E-state index contributed by atoms with van der Waals surface area (Å²) in [5.74, 6) is -0.498. The van der Waals surface area contributed by atoms with E-state index in [2.05, 4.69) is 0 Å². The SMILES string of the molecule is NC(=O)Cn1c(=O)c2c(nc(-c3ccccc3Cl)n2-c2ccc(Cl)cc2)n(CC2COCCO2)c1=O. The predicted molar refractivity (Wildman–Crippen MR) is 135 cm³/mol. The number of carbonyl (C=O) groups excluding carboxylic acids is 1. The Hall–Kier alpha value is -3.44. The Morgan fingerprint density at radius 3 is 2.47 bits per heavy atom. The molecule has 5 rings (SSSR count). The summed E-state index contributed by atoms with van der Waals surface area (Å²) in [5.41, 5.74) is 5.22. The molecule has 10 nitrogen and oxygen atoms in total. The van der Waals surface area contributed by atoms with E-state index in [1.807, 2.05) is 0 Å². The van der Waals surface area contributed by atoms with Gasteiger partial charge < -0.3 is 15.2 Å². The van der Waals surface area contributed by atoms with E-state index in [1.54, 1.807) is 53.1 Å². The third-order valence-electron chi connectivity index (χ3n) is 5.81. The van der Waals surface area contributed by atoms with E-state index in [4.69, 9.17) is 43.4 Å². The zero-order valence-electron chi connectivity index (χ0n) is 18.9. The van der Waals surface area contributed by atoms with Crippen molar-refractivity contribution in [2.75, 3.05) is 19.8 Å². The second-order valence-electron chi connectivity index (χ2n) is 8.22. The highest BCUT2D eigenvalue weighted by molar-refractivity contribution is 6.33. The van der Waals surface area contributed by atoms with Gasteiger partial charge in [0.25, 0.3) is 5.56 Å². The van der Waals surface area contributed by atoms with E-state index in [-0.39, 0.29) is 24.3 Å². The second-order valence-corrected chi connectivity index (χ2v) is 9.06. The number of aromatic nitrogens is 4. The number of imidazole rings is 1. The van der Waals surface area contributed by atoms with E-state index in [0.717, 1.165) is 4.57 Å². The van der Waals surface area contributed by atoms with Gasteiger partial charge in [0.2, 0.25) is 5.91 Å². The number of rotatable bonds is 6. The first kappa shape index (κ1) is 24.3. The molecule has 1 aliphatic rings. The van der Waals surface area contributed by atoms with Crippen LogP contribution >= 0.6 is 23.2 Å². The summed E-state index contributed by atoms with van der Waals surface area (Å²) in [7, 11) is 0. The Labute approximate surface area is 214 Å².